The molecular weight excluding hydrogens is 452 g/mol. The van der Waals surface area contributed by atoms with Crippen molar-refractivity contribution in [1.82, 2.24) is 0 Å². The first-order valence-electron chi connectivity index (χ1n) is 10.5. The van der Waals surface area contributed by atoms with Crippen LogP contribution in [0.3, 0.4) is 0 Å². The fraction of sp³-hybridized carbons (Fsp3) is 0.0769. The minimum Gasteiger partial charge on any atom is -0.495 e. The summed E-state index contributed by atoms with van der Waals surface area (Å²) in [4.78, 5) is 49.0. The van der Waals surface area contributed by atoms with E-state index in [0.29, 0.717) is 28.1 Å². The van der Waals surface area contributed by atoms with E-state index in [4.69, 9.17) is 13.9 Å². The van der Waals surface area contributed by atoms with Crippen molar-refractivity contribution in [3.05, 3.63) is 100 Å². The molecule has 176 valence electrons. The standard InChI is InChI=1S/C26H20N2O7/c1-33-22-9-5-3-7-19(22)28-25(31)16-10-12-17(13-11-16)27-24(30)15-34-26(32)23-14-20(29)18-6-2-4-8-21(18)35-23/h2-14H,15H2,1H3,(H,27,30)(H,28,31). The van der Waals surface area contributed by atoms with Crippen molar-refractivity contribution in [2.45, 2.75) is 0 Å². The average molecular weight is 472 g/mol. The molecule has 0 fully saturated rings. The molecule has 9 nitrogen and oxygen atoms in total. The van der Waals surface area contributed by atoms with Crippen LogP contribution in [0.1, 0.15) is 20.9 Å². The zero-order valence-electron chi connectivity index (χ0n) is 18.6. The Morgan fingerprint density at radius 2 is 1.60 bits per heavy atom. The predicted molar refractivity (Wildman–Crippen MR) is 129 cm³/mol. The number of carbonyl (C=O) groups is 3. The topological polar surface area (TPSA) is 124 Å². The predicted octanol–water partition coefficient (Wildman–Crippen LogP) is 3.85. The molecule has 0 aliphatic heterocycles. The molecule has 0 unspecified atom stereocenters. The second-order valence-electron chi connectivity index (χ2n) is 7.33. The quantitative estimate of drug-likeness (QED) is 0.392. The van der Waals surface area contributed by atoms with E-state index in [1.807, 2.05) is 0 Å². The van der Waals surface area contributed by atoms with Gasteiger partial charge in [-0.15, -0.1) is 0 Å². The van der Waals surface area contributed by atoms with Crippen molar-refractivity contribution in [3.8, 4) is 5.75 Å². The van der Waals surface area contributed by atoms with E-state index in [-0.39, 0.29) is 17.3 Å². The number of para-hydroxylation sites is 3. The van der Waals surface area contributed by atoms with Gasteiger partial charge < -0.3 is 24.5 Å². The molecule has 9 heteroatoms. The summed E-state index contributed by atoms with van der Waals surface area (Å²) in [5.74, 6) is -1.66. The van der Waals surface area contributed by atoms with Crippen molar-refractivity contribution >= 4 is 40.1 Å². The van der Waals surface area contributed by atoms with E-state index >= 15 is 0 Å². The Kier molecular flexibility index (Phi) is 6.87. The largest absolute Gasteiger partial charge is 0.495 e. The molecule has 2 N–H and O–H groups in total. The lowest BCUT2D eigenvalue weighted by Crippen LogP contribution is -2.21. The van der Waals surface area contributed by atoms with E-state index in [2.05, 4.69) is 10.6 Å². The fourth-order valence-electron chi connectivity index (χ4n) is 3.25. The van der Waals surface area contributed by atoms with Gasteiger partial charge in [-0.1, -0.05) is 24.3 Å². The zero-order chi connectivity index (χ0) is 24.8. The number of amides is 2. The minimum absolute atomic E-state index is 0.242. The third-order valence-electron chi connectivity index (χ3n) is 4.96. The number of fused-ring (bicyclic) bond motifs is 1. The monoisotopic (exact) mass is 472 g/mol. The highest BCUT2D eigenvalue weighted by molar-refractivity contribution is 6.05. The van der Waals surface area contributed by atoms with E-state index in [0.717, 1.165) is 6.07 Å². The van der Waals surface area contributed by atoms with Crippen LogP contribution in [0.15, 0.2) is 88.1 Å². The summed E-state index contributed by atoms with van der Waals surface area (Å²) >= 11 is 0. The SMILES string of the molecule is COc1ccccc1NC(=O)c1ccc(NC(=O)COC(=O)c2cc(=O)c3ccccc3o2)cc1. The van der Waals surface area contributed by atoms with Gasteiger partial charge in [0.1, 0.15) is 11.3 Å². The normalized spacial score (nSPS) is 10.4. The van der Waals surface area contributed by atoms with Gasteiger partial charge in [-0.2, -0.15) is 0 Å². The fourth-order valence-corrected chi connectivity index (χ4v) is 3.25. The van der Waals surface area contributed by atoms with Crippen LogP contribution < -0.4 is 20.8 Å². The van der Waals surface area contributed by atoms with Gasteiger partial charge in [0.2, 0.25) is 5.76 Å². The first kappa shape index (κ1) is 23.2. The second-order valence-corrected chi connectivity index (χ2v) is 7.33. The lowest BCUT2D eigenvalue weighted by atomic mass is 10.2. The van der Waals surface area contributed by atoms with Crippen molar-refractivity contribution in [1.29, 1.82) is 0 Å². The van der Waals surface area contributed by atoms with Crippen LogP contribution in [0.4, 0.5) is 11.4 Å². The summed E-state index contributed by atoms with van der Waals surface area (Å²) < 4.78 is 15.6. The first-order chi connectivity index (χ1) is 16.9. The summed E-state index contributed by atoms with van der Waals surface area (Å²) in [6, 6.07) is 20.7. The molecule has 0 saturated heterocycles. The molecule has 0 bridgehead atoms. The molecule has 0 atom stereocenters. The number of rotatable bonds is 7. The van der Waals surface area contributed by atoms with Gasteiger partial charge in [0.05, 0.1) is 18.2 Å². The van der Waals surface area contributed by atoms with Crippen LogP contribution in [0, 0.1) is 0 Å². The van der Waals surface area contributed by atoms with Gasteiger partial charge in [-0.05, 0) is 48.5 Å². The number of benzene rings is 3. The lowest BCUT2D eigenvalue weighted by molar-refractivity contribution is -0.119. The number of ether oxygens (including phenoxy) is 2. The molecule has 35 heavy (non-hydrogen) atoms. The van der Waals surface area contributed by atoms with Gasteiger partial charge >= 0.3 is 5.97 Å². The molecular formula is C26H20N2O7. The second kappa shape index (κ2) is 10.3. The van der Waals surface area contributed by atoms with Crippen LogP contribution in [0.5, 0.6) is 5.75 Å². The van der Waals surface area contributed by atoms with Gasteiger partial charge in [-0.3, -0.25) is 14.4 Å². The smallest absolute Gasteiger partial charge is 0.374 e. The Labute approximate surface area is 199 Å². The molecule has 0 spiro atoms. The minimum atomic E-state index is -0.939. The highest BCUT2D eigenvalue weighted by Gasteiger charge is 2.16. The third kappa shape index (κ3) is 5.53. The third-order valence-corrected chi connectivity index (χ3v) is 4.96. The van der Waals surface area contributed by atoms with Crippen molar-refractivity contribution in [2.75, 3.05) is 24.4 Å². The number of anilines is 2. The Morgan fingerprint density at radius 1 is 0.886 bits per heavy atom. The van der Waals surface area contributed by atoms with Gasteiger partial charge in [0.25, 0.3) is 11.8 Å². The number of hydrogen-bond donors (Lipinski definition) is 2. The Hall–Kier alpha value is -4.92. The Bertz CT molecular complexity index is 1460. The van der Waals surface area contributed by atoms with Gasteiger partial charge in [0.15, 0.2) is 12.0 Å². The number of methoxy groups -OCH3 is 1. The van der Waals surface area contributed by atoms with Crippen molar-refractivity contribution < 1.29 is 28.3 Å². The van der Waals surface area contributed by atoms with E-state index < -0.39 is 23.9 Å². The zero-order valence-corrected chi connectivity index (χ0v) is 18.6. The van der Waals surface area contributed by atoms with Crippen LogP contribution in [-0.4, -0.2) is 31.5 Å². The number of carbonyl (C=O) groups excluding carboxylic acids is 3. The Morgan fingerprint density at radius 3 is 2.37 bits per heavy atom. The van der Waals surface area contributed by atoms with E-state index in [1.165, 1.54) is 19.2 Å². The average Bonchev–Trinajstić information content (AvgIpc) is 2.88. The summed E-state index contributed by atoms with van der Waals surface area (Å²) in [7, 11) is 1.51. The number of nitrogens with one attached hydrogen (secondary N) is 2. The molecule has 0 aliphatic rings. The summed E-state index contributed by atoms with van der Waals surface area (Å²) in [6.07, 6.45) is 0. The molecule has 4 rings (SSSR count). The molecule has 0 radical (unpaired) electrons. The molecule has 1 heterocycles. The molecule has 0 saturated carbocycles. The van der Waals surface area contributed by atoms with Crippen LogP contribution in [0.25, 0.3) is 11.0 Å². The molecule has 0 aliphatic carbocycles. The number of hydrogen-bond acceptors (Lipinski definition) is 7. The maximum atomic E-state index is 12.5. The van der Waals surface area contributed by atoms with Crippen LogP contribution >= 0.6 is 0 Å². The summed E-state index contributed by atoms with van der Waals surface area (Å²) in [5.41, 5.74) is 1.15. The van der Waals surface area contributed by atoms with Gasteiger partial charge in [-0.25, -0.2) is 4.79 Å². The summed E-state index contributed by atoms with van der Waals surface area (Å²) in [6.45, 7) is -0.592. The van der Waals surface area contributed by atoms with Crippen LogP contribution in [-0.2, 0) is 9.53 Å². The van der Waals surface area contributed by atoms with E-state index in [1.54, 1.807) is 60.7 Å². The first-order valence-corrected chi connectivity index (χ1v) is 10.5. The van der Waals surface area contributed by atoms with Gasteiger partial charge in [0, 0.05) is 17.3 Å². The molecule has 3 aromatic carbocycles. The Balaban J connectivity index is 1.33. The number of esters is 1. The van der Waals surface area contributed by atoms with Crippen LogP contribution in [0.2, 0.25) is 0 Å². The highest BCUT2D eigenvalue weighted by atomic mass is 16.5. The highest BCUT2D eigenvalue weighted by Crippen LogP contribution is 2.24. The van der Waals surface area contributed by atoms with E-state index in [9.17, 15) is 19.2 Å². The summed E-state index contributed by atoms with van der Waals surface area (Å²) in [5, 5.41) is 5.66. The van der Waals surface area contributed by atoms with Crippen molar-refractivity contribution in [2.24, 2.45) is 0 Å². The maximum Gasteiger partial charge on any atom is 0.374 e. The molecule has 1 aromatic heterocycles. The van der Waals surface area contributed by atoms with Crippen molar-refractivity contribution in [3.63, 3.8) is 0 Å². The molecule has 2 amide bonds. The maximum absolute atomic E-state index is 12.5. The lowest BCUT2D eigenvalue weighted by Gasteiger charge is -2.10. The molecule has 4 aromatic rings.